The standard InChI is InChI=1S/C18H15F3N2O/c19-18(20,21)14-8-4-7-12-13-9-22-10-15(13)23(17(24)16(12)14)11-5-2-1-3-6-11/h1-8,13,15,22H,9-10H2/t13-,15-/m1/s1. The van der Waals surface area contributed by atoms with E-state index in [0.717, 1.165) is 6.07 Å². The Kier molecular flexibility index (Phi) is 3.38. The molecule has 2 aliphatic rings. The molecule has 4 rings (SSSR count). The third-order valence-corrected chi connectivity index (χ3v) is 4.78. The van der Waals surface area contributed by atoms with Gasteiger partial charge in [0.1, 0.15) is 0 Å². The predicted octanol–water partition coefficient (Wildman–Crippen LogP) is 3.42. The molecular formula is C18H15F3N2O. The van der Waals surface area contributed by atoms with Crippen LogP contribution >= 0.6 is 0 Å². The summed E-state index contributed by atoms with van der Waals surface area (Å²) in [6.07, 6.45) is -4.55. The number of nitrogens with one attached hydrogen (secondary N) is 1. The van der Waals surface area contributed by atoms with Gasteiger partial charge in [0.15, 0.2) is 0 Å². The maximum Gasteiger partial charge on any atom is 0.417 e. The molecule has 0 spiro atoms. The second-order valence-corrected chi connectivity index (χ2v) is 6.11. The number of halogens is 3. The number of benzene rings is 2. The molecule has 0 unspecified atom stereocenters. The minimum Gasteiger partial charge on any atom is -0.314 e. The van der Waals surface area contributed by atoms with Gasteiger partial charge in [-0.1, -0.05) is 30.3 Å². The average molecular weight is 332 g/mol. The molecule has 0 radical (unpaired) electrons. The molecule has 3 nitrogen and oxygen atoms in total. The smallest absolute Gasteiger partial charge is 0.314 e. The van der Waals surface area contributed by atoms with E-state index in [1.807, 2.05) is 6.07 Å². The Morgan fingerprint density at radius 1 is 1.00 bits per heavy atom. The molecule has 0 saturated carbocycles. The number of rotatable bonds is 1. The number of carbonyl (C=O) groups is 1. The van der Waals surface area contributed by atoms with Crippen LogP contribution in [0.5, 0.6) is 0 Å². The molecule has 2 atom stereocenters. The molecule has 1 N–H and O–H groups in total. The van der Waals surface area contributed by atoms with Gasteiger partial charge in [-0.2, -0.15) is 13.2 Å². The van der Waals surface area contributed by atoms with Crippen molar-refractivity contribution in [2.24, 2.45) is 0 Å². The highest BCUT2D eigenvalue weighted by atomic mass is 19.4. The summed E-state index contributed by atoms with van der Waals surface area (Å²) >= 11 is 0. The highest BCUT2D eigenvalue weighted by Crippen LogP contribution is 2.43. The zero-order valence-corrected chi connectivity index (χ0v) is 12.7. The van der Waals surface area contributed by atoms with Gasteiger partial charge >= 0.3 is 6.18 Å². The van der Waals surface area contributed by atoms with Crippen molar-refractivity contribution in [1.82, 2.24) is 5.32 Å². The fourth-order valence-electron chi connectivity index (χ4n) is 3.78. The lowest BCUT2D eigenvalue weighted by Gasteiger charge is -2.39. The Morgan fingerprint density at radius 3 is 2.46 bits per heavy atom. The van der Waals surface area contributed by atoms with Crippen molar-refractivity contribution in [3.05, 3.63) is 65.2 Å². The summed E-state index contributed by atoms with van der Waals surface area (Å²) < 4.78 is 40.3. The first kappa shape index (κ1) is 15.2. The zero-order chi connectivity index (χ0) is 16.9. The molecule has 2 heterocycles. The van der Waals surface area contributed by atoms with Crippen molar-refractivity contribution in [3.8, 4) is 0 Å². The summed E-state index contributed by atoms with van der Waals surface area (Å²) in [6, 6.07) is 12.8. The Labute approximate surface area is 137 Å². The topological polar surface area (TPSA) is 32.3 Å². The lowest BCUT2D eigenvalue weighted by atomic mass is 9.82. The number of alkyl halides is 3. The van der Waals surface area contributed by atoms with Gasteiger partial charge in [-0.15, -0.1) is 0 Å². The normalized spacial score (nSPS) is 23.1. The Bertz CT molecular complexity index is 789. The molecule has 24 heavy (non-hydrogen) atoms. The van der Waals surface area contributed by atoms with Crippen LogP contribution in [-0.2, 0) is 6.18 Å². The molecule has 2 aromatic carbocycles. The molecule has 0 aliphatic carbocycles. The minimum absolute atomic E-state index is 0.139. The van der Waals surface area contributed by atoms with E-state index in [-0.39, 0.29) is 17.5 Å². The molecule has 1 amide bonds. The third-order valence-electron chi connectivity index (χ3n) is 4.78. The van der Waals surface area contributed by atoms with Crippen LogP contribution in [0.4, 0.5) is 18.9 Å². The predicted molar refractivity (Wildman–Crippen MR) is 84.1 cm³/mol. The molecule has 0 bridgehead atoms. The Hall–Kier alpha value is -2.34. The van der Waals surface area contributed by atoms with E-state index in [4.69, 9.17) is 0 Å². The van der Waals surface area contributed by atoms with Gasteiger partial charge < -0.3 is 10.2 Å². The van der Waals surface area contributed by atoms with Crippen molar-refractivity contribution in [2.45, 2.75) is 18.1 Å². The Morgan fingerprint density at radius 2 is 1.75 bits per heavy atom. The largest absolute Gasteiger partial charge is 0.417 e. The van der Waals surface area contributed by atoms with Crippen molar-refractivity contribution in [3.63, 3.8) is 0 Å². The van der Waals surface area contributed by atoms with Crippen molar-refractivity contribution in [1.29, 1.82) is 0 Å². The second kappa shape index (κ2) is 5.34. The molecule has 0 aromatic heterocycles. The molecule has 2 aromatic rings. The number of anilines is 1. The van der Waals surface area contributed by atoms with Crippen molar-refractivity contribution >= 4 is 11.6 Å². The van der Waals surface area contributed by atoms with Crippen LogP contribution in [0.25, 0.3) is 0 Å². The van der Waals surface area contributed by atoms with Gasteiger partial charge in [-0.05, 0) is 23.8 Å². The van der Waals surface area contributed by atoms with Crippen molar-refractivity contribution < 1.29 is 18.0 Å². The number of amides is 1. The molecule has 1 saturated heterocycles. The number of hydrogen-bond acceptors (Lipinski definition) is 2. The van der Waals surface area contributed by atoms with E-state index < -0.39 is 17.6 Å². The first-order chi connectivity index (χ1) is 11.5. The van der Waals surface area contributed by atoms with Gasteiger partial charge in [0.2, 0.25) is 0 Å². The lowest BCUT2D eigenvalue weighted by Crippen LogP contribution is -2.49. The zero-order valence-electron chi connectivity index (χ0n) is 12.7. The fourth-order valence-corrected chi connectivity index (χ4v) is 3.78. The monoisotopic (exact) mass is 332 g/mol. The maximum absolute atomic E-state index is 13.4. The van der Waals surface area contributed by atoms with Gasteiger partial charge in [-0.25, -0.2) is 0 Å². The van der Waals surface area contributed by atoms with E-state index in [9.17, 15) is 18.0 Å². The van der Waals surface area contributed by atoms with E-state index in [1.165, 1.54) is 11.0 Å². The van der Waals surface area contributed by atoms with Crippen molar-refractivity contribution in [2.75, 3.05) is 18.0 Å². The summed E-state index contributed by atoms with van der Waals surface area (Å²) in [5.41, 5.74) is 0.0657. The summed E-state index contributed by atoms with van der Waals surface area (Å²) in [4.78, 5) is 14.5. The first-order valence-corrected chi connectivity index (χ1v) is 7.78. The van der Waals surface area contributed by atoms with E-state index in [0.29, 0.717) is 24.3 Å². The Balaban J connectivity index is 1.93. The average Bonchev–Trinajstić information content (AvgIpc) is 3.04. The van der Waals surface area contributed by atoms with Gasteiger partial charge in [0.05, 0.1) is 17.2 Å². The van der Waals surface area contributed by atoms with Crippen LogP contribution in [-0.4, -0.2) is 25.0 Å². The molecular weight excluding hydrogens is 317 g/mol. The van der Waals surface area contributed by atoms with E-state index in [1.54, 1.807) is 30.3 Å². The number of nitrogens with zero attached hydrogens (tertiary/aromatic N) is 1. The van der Waals surface area contributed by atoms with Gasteiger partial charge in [0.25, 0.3) is 5.91 Å². The van der Waals surface area contributed by atoms with Gasteiger partial charge in [-0.3, -0.25) is 4.79 Å². The third kappa shape index (κ3) is 2.21. The summed E-state index contributed by atoms with van der Waals surface area (Å²) in [7, 11) is 0. The molecule has 1 fully saturated rings. The number of carbonyl (C=O) groups excluding carboxylic acids is 1. The molecule has 6 heteroatoms. The van der Waals surface area contributed by atoms with Crippen LogP contribution in [0.1, 0.15) is 27.4 Å². The SMILES string of the molecule is O=C1c2c(cccc2C(F)(F)F)[C@H]2CNC[C@H]2N1c1ccccc1. The fraction of sp³-hybridized carbons (Fsp3) is 0.278. The number of hydrogen-bond donors (Lipinski definition) is 1. The number of fused-ring (bicyclic) bond motifs is 3. The summed E-state index contributed by atoms with van der Waals surface area (Å²) in [5.74, 6) is -0.714. The van der Waals surface area contributed by atoms with Crippen LogP contribution in [0.3, 0.4) is 0 Å². The van der Waals surface area contributed by atoms with E-state index in [2.05, 4.69) is 5.32 Å². The molecule has 2 aliphatic heterocycles. The summed E-state index contributed by atoms with van der Waals surface area (Å²) in [5, 5.41) is 3.21. The quantitative estimate of drug-likeness (QED) is 0.868. The second-order valence-electron chi connectivity index (χ2n) is 6.11. The molecule has 124 valence electrons. The highest BCUT2D eigenvalue weighted by molar-refractivity contribution is 6.10. The van der Waals surface area contributed by atoms with Gasteiger partial charge in [0, 0.05) is 24.7 Å². The van der Waals surface area contributed by atoms with Crippen LogP contribution < -0.4 is 10.2 Å². The first-order valence-electron chi connectivity index (χ1n) is 7.78. The van der Waals surface area contributed by atoms with Crippen LogP contribution in [0.15, 0.2) is 48.5 Å². The maximum atomic E-state index is 13.4. The highest BCUT2D eigenvalue weighted by Gasteiger charge is 2.47. The number of para-hydroxylation sites is 1. The van der Waals surface area contributed by atoms with Crippen LogP contribution in [0.2, 0.25) is 0 Å². The van der Waals surface area contributed by atoms with Crippen LogP contribution in [0, 0.1) is 0 Å². The summed E-state index contributed by atoms with van der Waals surface area (Å²) in [6.45, 7) is 1.14. The van der Waals surface area contributed by atoms with E-state index >= 15 is 0 Å². The lowest BCUT2D eigenvalue weighted by molar-refractivity contribution is -0.138. The minimum atomic E-state index is -4.55.